The van der Waals surface area contributed by atoms with Crippen LogP contribution in [0.3, 0.4) is 0 Å². The van der Waals surface area contributed by atoms with Crippen LogP contribution in [0.4, 0.5) is 0 Å². The smallest absolute Gasteiger partial charge is 0.315 e. The quantitative estimate of drug-likeness (QED) is 0.791. The van der Waals surface area contributed by atoms with Gasteiger partial charge in [0.1, 0.15) is 5.41 Å². The average molecular weight is 277 g/mol. The van der Waals surface area contributed by atoms with E-state index in [1.807, 2.05) is 37.3 Å². The molecule has 2 rings (SSSR count). The van der Waals surface area contributed by atoms with Crippen molar-refractivity contribution in [3.8, 4) is 0 Å². The van der Waals surface area contributed by atoms with E-state index in [-0.39, 0.29) is 0 Å². The van der Waals surface area contributed by atoms with Gasteiger partial charge in [0.15, 0.2) is 0 Å². The molecule has 4 heteroatoms. The zero-order valence-electron chi connectivity index (χ0n) is 12.2. The standard InChI is InChI=1S/C16H23NO3/c1-16(15(18)19,13-6-4-3-5-7-13)12-17(10-11-20-2)14-8-9-14/h3-7,14H,8-12H2,1-2H3,(H,18,19). The van der Waals surface area contributed by atoms with Gasteiger partial charge in [0, 0.05) is 26.2 Å². The van der Waals surface area contributed by atoms with E-state index in [1.165, 1.54) is 0 Å². The van der Waals surface area contributed by atoms with Crippen LogP contribution in [-0.2, 0) is 14.9 Å². The highest BCUT2D eigenvalue weighted by atomic mass is 16.5. The molecule has 0 saturated heterocycles. The Balaban J connectivity index is 2.17. The lowest BCUT2D eigenvalue weighted by atomic mass is 9.82. The van der Waals surface area contributed by atoms with E-state index in [0.29, 0.717) is 19.2 Å². The minimum atomic E-state index is -0.877. The molecule has 0 heterocycles. The predicted octanol–water partition coefficient (Wildman–Crippen LogP) is 2.14. The summed E-state index contributed by atoms with van der Waals surface area (Å²) in [4.78, 5) is 14.1. The van der Waals surface area contributed by atoms with E-state index in [0.717, 1.165) is 24.9 Å². The summed E-state index contributed by atoms with van der Waals surface area (Å²) in [7, 11) is 1.68. The summed E-state index contributed by atoms with van der Waals surface area (Å²) < 4.78 is 5.14. The highest BCUT2D eigenvalue weighted by Crippen LogP contribution is 2.32. The molecule has 1 fully saturated rings. The van der Waals surface area contributed by atoms with Crippen molar-refractivity contribution in [1.82, 2.24) is 4.90 Å². The molecule has 4 nitrogen and oxygen atoms in total. The maximum absolute atomic E-state index is 11.8. The van der Waals surface area contributed by atoms with Crippen LogP contribution in [0.1, 0.15) is 25.3 Å². The van der Waals surface area contributed by atoms with E-state index in [4.69, 9.17) is 4.74 Å². The van der Waals surface area contributed by atoms with Gasteiger partial charge in [0.25, 0.3) is 0 Å². The van der Waals surface area contributed by atoms with Crippen LogP contribution < -0.4 is 0 Å². The molecule has 0 aliphatic heterocycles. The molecule has 0 radical (unpaired) electrons. The Kier molecular flexibility index (Phi) is 4.78. The molecule has 1 aromatic carbocycles. The maximum atomic E-state index is 11.8. The van der Waals surface area contributed by atoms with Crippen molar-refractivity contribution >= 4 is 5.97 Å². The van der Waals surface area contributed by atoms with Crippen molar-refractivity contribution < 1.29 is 14.6 Å². The van der Waals surface area contributed by atoms with Crippen LogP contribution >= 0.6 is 0 Å². The second kappa shape index (κ2) is 6.37. The lowest BCUT2D eigenvalue weighted by Crippen LogP contribution is -2.46. The predicted molar refractivity (Wildman–Crippen MR) is 77.9 cm³/mol. The fourth-order valence-electron chi connectivity index (χ4n) is 2.53. The van der Waals surface area contributed by atoms with E-state index >= 15 is 0 Å². The molecule has 1 saturated carbocycles. The molecule has 0 amide bonds. The van der Waals surface area contributed by atoms with Gasteiger partial charge in [-0.05, 0) is 25.3 Å². The number of carboxylic acids is 1. The van der Waals surface area contributed by atoms with Gasteiger partial charge >= 0.3 is 5.97 Å². The number of carbonyl (C=O) groups is 1. The minimum absolute atomic E-state index is 0.521. The Labute approximate surface area is 120 Å². The summed E-state index contributed by atoms with van der Waals surface area (Å²) in [5, 5.41) is 9.70. The highest BCUT2D eigenvalue weighted by Gasteiger charge is 2.40. The van der Waals surface area contributed by atoms with Crippen LogP contribution in [0, 0.1) is 0 Å². The van der Waals surface area contributed by atoms with Gasteiger partial charge in [-0.2, -0.15) is 0 Å². The molecular weight excluding hydrogens is 254 g/mol. The number of carboxylic acid groups (broad SMARTS) is 1. The van der Waals surface area contributed by atoms with E-state index in [2.05, 4.69) is 4.90 Å². The van der Waals surface area contributed by atoms with E-state index in [1.54, 1.807) is 7.11 Å². The van der Waals surface area contributed by atoms with Crippen LogP contribution in [0.25, 0.3) is 0 Å². The number of ether oxygens (including phenoxy) is 1. The first kappa shape index (κ1) is 15.0. The van der Waals surface area contributed by atoms with Crippen LogP contribution in [0.15, 0.2) is 30.3 Å². The van der Waals surface area contributed by atoms with Gasteiger partial charge in [-0.1, -0.05) is 30.3 Å². The molecule has 20 heavy (non-hydrogen) atoms. The van der Waals surface area contributed by atoms with Gasteiger partial charge in [-0.15, -0.1) is 0 Å². The number of methoxy groups -OCH3 is 1. The Morgan fingerprint density at radius 1 is 1.40 bits per heavy atom. The summed E-state index contributed by atoms with van der Waals surface area (Å²) in [5.74, 6) is -0.772. The number of hydrogen-bond acceptors (Lipinski definition) is 3. The Hall–Kier alpha value is -1.39. The normalized spacial score (nSPS) is 17.9. The maximum Gasteiger partial charge on any atom is 0.315 e. The number of rotatable bonds is 8. The van der Waals surface area contributed by atoms with E-state index in [9.17, 15) is 9.90 Å². The molecule has 1 aliphatic rings. The van der Waals surface area contributed by atoms with Gasteiger partial charge in [-0.25, -0.2) is 0 Å². The Morgan fingerprint density at radius 3 is 2.55 bits per heavy atom. The zero-order chi connectivity index (χ0) is 14.6. The fraction of sp³-hybridized carbons (Fsp3) is 0.562. The Bertz CT molecular complexity index is 444. The zero-order valence-corrected chi connectivity index (χ0v) is 12.2. The first-order chi connectivity index (χ1) is 9.58. The van der Waals surface area contributed by atoms with Gasteiger partial charge in [-0.3, -0.25) is 9.69 Å². The van der Waals surface area contributed by atoms with Crippen molar-refractivity contribution in [3.63, 3.8) is 0 Å². The summed E-state index contributed by atoms with van der Waals surface area (Å²) in [6.45, 7) is 3.77. The topological polar surface area (TPSA) is 49.8 Å². The molecule has 1 unspecified atom stereocenters. The lowest BCUT2D eigenvalue weighted by molar-refractivity contribution is -0.144. The first-order valence-corrected chi connectivity index (χ1v) is 7.10. The SMILES string of the molecule is COCCN(CC(C)(C(=O)O)c1ccccc1)C1CC1. The number of hydrogen-bond donors (Lipinski definition) is 1. The first-order valence-electron chi connectivity index (χ1n) is 7.10. The highest BCUT2D eigenvalue weighted by molar-refractivity contribution is 5.81. The number of aliphatic carboxylic acids is 1. The van der Waals surface area contributed by atoms with E-state index < -0.39 is 11.4 Å². The Morgan fingerprint density at radius 2 is 2.05 bits per heavy atom. The molecule has 1 aliphatic carbocycles. The van der Waals surface area contributed by atoms with Crippen LogP contribution in [-0.4, -0.2) is 48.8 Å². The second-order valence-corrected chi connectivity index (χ2v) is 5.70. The molecule has 1 aromatic rings. The molecular formula is C16H23NO3. The van der Waals surface area contributed by atoms with Crippen molar-refractivity contribution in [3.05, 3.63) is 35.9 Å². The number of benzene rings is 1. The van der Waals surface area contributed by atoms with Gasteiger partial charge in [0.05, 0.1) is 6.61 Å². The van der Waals surface area contributed by atoms with Crippen molar-refractivity contribution in [2.45, 2.75) is 31.2 Å². The lowest BCUT2D eigenvalue weighted by Gasteiger charge is -2.33. The largest absolute Gasteiger partial charge is 0.481 e. The van der Waals surface area contributed by atoms with Crippen LogP contribution in [0.5, 0.6) is 0 Å². The fourth-order valence-corrected chi connectivity index (χ4v) is 2.53. The van der Waals surface area contributed by atoms with Crippen molar-refractivity contribution in [1.29, 1.82) is 0 Å². The second-order valence-electron chi connectivity index (χ2n) is 5.70. The molecule has 110 valence electrons. The third-order valence-electron chi connectivity index (χ3n) is 4.05. The molecule has 0 spiro atoms. The van der Waals surface area contributed by atoms with Crippen molar-refractivity contribution in [2.75, 3.05) is 26.8 Å². The van der Waals surface area contributed by atoms with Crippen molar-refractivity contribution in [2.24, 2.45) is 0 Å². The molecule has 1 atom stereocenters. The monoisotopic (exact) mass is 277 g/mol. The summed E-state index contributed by atoms with van der Waals surface area (Å²) >= 11 is 0. The minimum Gasteiger partial charge on any atom is -0.481 e. The van der Waals surface area contributed by atoms with Gasteiger partial charge in [0.2, 0.25) is 0 Å². The summed E-state index contributed by atoms with van der Waals surface area (Å²) in [6, 6.07) is 10.0. The number of nitrogens with zero attached hydrogens (tertiary/aromatic N) is 1. The summed E-state index contributed by atoms with van der Waals surface area (Å²) in [6.07, 6.45) is 2.32. The van der Waals surface area contributed by atoms with Gasteiger partial charge < -0.3 is 9.84 Å². The third-order valence-corrected chi connectivity index (χ3v) is 4.05. The summed E-state index contributed by atoms with van der Waals surface area (Å²) in [5.41, 5.74) is -0.0204. The van der Waals surface area contributed by atoms with Crippen LogP contribution in [0.2, 0.25) is 0 Å². The third kappa shape index (κ3) is 3.38. The molecule has 0 aromatic heterocycles. The molecule has 1 N–H and O–H groups in total. The molecule has 0 bridgehead atoms. The average Bonchev–Trinajstić information content (AvgIpc) is 3.28.